The van der Waals surface area contributed by atoms with Crippen LogP contribution >= 0.6 is 11.6 Å². The molecule has 0 heterocycles. The Labute approximate surface area is 64.2 Å². The number of carbonyl (C=O) groups is 1. The minimum absolute atomic E-state index is 0.284. The molecule has 0 saturated heterocycles. The quantitative estimate of drug-likeness (QED) is 0.590. The zero-order valence-corrected chi connectivity index (χ0v) is 6.27. The summed E-state index contributed by atoms with van der Waals surface area (Å²) in [6.07, 6.45) is 3.19. The highest BCUT2D eigenvalue weighted by molar-refractivity contribution is 6.37. The number of carboxylic acids is 1. The number of rotatable bonds is 1. The average molecular weight is 161 g/mol. The first-order valence-corrected chi connectivity index (χ1v) is 3.97. The third kappa shape index (κ3) is 0.534. The number of halogens is 1. The first-order valence-electron chi connectivity index (χ1n) is 3.59. The van der Waals surface area contributed by atoms with E-state index in [-0.39, 0.29) is 11.8 Å². The van der Waals surface area contributed by atoms with Gasteiger partial charge in [0, 0.05) is 0 Å². The summed E-state index contributed by atoms with van der Waals surface area (Å²) in [6, 6.07) is 0. The molecule has 1 N–H and O–H groups in total. The normalized spacial score (nSPS) is 50.5. The van der Waals surface area contributed by atoms with E-state index in [1.165, 1.54) is 0 Å². The third-order valence-corrected chi connectivity index (χ3v) is 3.54. The Bertz CT molecular complexity index is 180. The zero-order chi connectivity index (χ0) is 7.35. The van der Waals surface area contributed by atoms with Gasteiger partial charge >= 0.3 is 5.97 Å². The maximum atomic E-state index is 10.6. The Morgan fingerprint density at radius 1 is 1.50 bits per heavy atom. The van der Waals surface area contributed by atoms with Crippen LogP contribution in [0.1, 0.15) is 19.3 Å². The van der Waals surface area contributed by atoms with Crippen molar-refractivity contribution < 1.29 is 9.90 Å². The second-order valence-corrected chi connectivity index (χ2v) is 3.84. The molecule has 2 aliphatic carbocycles. The molecule has 3 heteroatoms. The second kappa shape index (κ2) is 1.67. The zero-order valence-electron chi connectivity index (χ0n) is 5.51. The molecule has 0 aliphatic heterocycles. The molecule has 0 aromatic carbocycles. The second-order valence-electron chi connectivity index (χ2n) is 3.22. The van der Waals surface area contributed by atoms with Crippen LogP contribution in [0, 0.1) is 11.8 Å². The Morgan fingerprint density at radius 2 is 2.00 bits per heavy atom. The van der Waals surface area contributed by atoms with E-state index in [0.29, 0.717) is 0 Å². The van der Waals surface area contributed by atoms with E-state index >= 15 is 0 Å². The molecule has 2 rings (SSSR count). The van der Waals surface area contributed by atoms with Crippen molar-refractivity contribution >= 4 is 17.6 Å². The molecule has 0 aromatic rings. The van der Waals surface area contributed by atoms with E-state index in [4.69, 9.17) is 16.7 Å². The summed E-state index contributed by atoms with van der Waals surface area (Å²) in [5, 5.41) is 8.69. The van der Waals surface area contributed by atoms with Crippen molar-refractivity contribution in [1.82, 2.24) is 0 Å². The van der Waals surface area contributed by atoms with Crippen LogP contribution in [-0.2, 0) is 4.79 Å². The minimum atomic E-state index is -0.849. The number of fused-ring (bicyclic) bond motifs is 1. The fourth-order valence-corrected chi connectivity index (χ4v) is 2.66. The highest BCUT2D eigenvalue weighted by Gasteiger charge is 2.70. The number of hydrogen-bond donors (Lipinski definition) is 1. The Hall–Kier alpha value is -0.240. The van der Waals surface area contributed by atoms with Gasteiger partial charge in [-0.05, 0) is 24.7 Å². The highest BCUT2D eigenvalue weighted by atomic mass is 35.5. The summed E-state index contributed by atoms with van der Waals surface area (Å²) in [7, 11) is 0. The molecule has 0 bridgehead atoms. The Kier molecular flexibility index (Phi) is 1.08. The molecular formula is C7H9ClO2. The van der Waals surface area contributed by atoms with E-state index in [0.717, 1.165) is 19.3 Å². The lowest BCUT2D eigenvalue weighted by Crippen LogP contribution is -2.20. The van der Waals surface area contributed by atoms with Gasteiger partial charge in [-0.2, -0.15) is 0 Å². The summed E-state index contributed by atoms with van der Waals surface area (Å²) in [5.41, 5.74) is 0. The van der Waals surface area contributed by atoms with Crippen LogP contribution in [-0.4, -0.2) is 16.0 Å². The first-order chi connectivity index (χ1) is 4.67. The van der Waals surface area contributed by atoms with E-state index in [1.807, 2.05) is 0 Å². The highest BCUT2D eigenvalue weighted by Crippen LogP contribution is 2.64. The van der Waals surface area contributed by atoms with Crippen LogP contribution in [0.15, 0.2) is 0 Å². The van der Waals surface area contributed by atoms with Gasteiger partial charge in [0.05, 0.1) is 0 Å². The summed E-state index contributed by atoms with van der Waals surface area (Å²) in [6.45, 7) is 0. The summed E-state index contributed by atoms with van der Waals surface area (Å²) in [5.74, 6) is -0.248. The van der Waals surface area contributed by atoms with Crippen LogP contribution in [0.5, 0.6) is 0 Å². The van der Waals surface area contributed by atoms with Gasteiger partial charge in [-0.1, -0.05) is 6.42 Å². The molecule has 0 aromatic heterocycles. The maximum Gasteiger partial charge on any atom is 0.325 e. The largest absolute Gasteiger partial charge is 0.480 e. The standard InChI is InChI=1S/C7H9ClO2/c8-7(6(9)10)4-2-1-3-5(4)7/h4-5H,1-3H2,(H,9,10)/t4-,5+,7?. The first kappa shape index (κ1) is 6.47. The maximum absolute atomic E-state index is 10.6. The fraction of sp³-hybridized carbons (Fsp3) is 0.857. The van der Waals surface area contributed by atoms with Gasteiger partial charge in [0.1, 0.15) is 4.87 Å². The van der Waals surface area contributed by atoms with Gasteiger partial charge < -0.3 is 5.11 Å². The van der Waals surface area contributed by atoms with Crippen molar-refractivity contribution in [2.45, 2.75) is 24.1 Å². The lowest BCUT2D eigenvalue weighted by atomic mass is 10.1. The van der Waals surface area contributed by atoms with Crippen molar-refractivity contribution in [3.63, 3.8) is 0 Å². The topological polar surface area (TPSA) is 37.3 Å². The fourth-order valence-electron chi connectivity index (χ4n) is 2.20. The summed E-state index contributed by atoms with van der Waals surface area (Å²) in [4.78, 5) is 9.72. The van der Waals surface area contributed by atoms with E-state index in [9.17, 15) is 4.79 Å². The SMILES string of the molecule is O=C(O)C1(Cl)[C@@H]2CCC[C@@H]21. The number of hydrogen-bond acceptors (Lipinski definition) is 1. The van der Waals surface area contributed by atoms with Gasteiger partial charge in [-0.3, -0.25) is 4.79 Å². The van der Waals surface area contributed by atoms with Crippen molar-refractivity contribution in [3.8, 4) is 0 Å². The molecule has 0 amide bonds. The minimum Gasteiger partial charge on any atom is -0.480 e. The van der Waals surface area contributed by atoms with Crippen LogP contribution in [0.2, 0.25) is 0 Å². The number of aliphatic carboxylic acids is 1. The molecule has 2 saturated carbocycles. The predicted molar refractivity (Wildman–Crippen MR) is 37.1 cm³/mol. The molecule has 0 radical (unpaired) electrons. The third-order valence-electron chi connectivity index (χ3n) is 2.81. The summed E-state index contributed by atoms with van der Waals surface area (Å²) >= 11 is 5.85. The smallest absolute Gasteiger partial charge is 0.325 e. The lowest BCUT2D eigenvalue weighted by Gasteiger charge is -2.04. The molecule has 2 fully saturated rings. The van der Waals surface area contributed by atoms with E-state index in [2.05, 4.69) is 0 Å². The van der Waals surface area contributed by atoms with Crippen molar-refractivity contribution in [2.24, 2.45) is 11.8 Å². The molecule has 1 unspecified atom stereocenters. The van der Waals surface area contributed by atoms with E-state index in [1.54, 1.807) is 0 Å². The lowest BCUT2D eigenvalue weighted by molar-refractivity contribution is -0.138. The van der Waals surface area contributed by atoms with Gasteiger partial charge in [0.2, 0.25) is 0 Å². The molecular weight excluding hydrogens is 152 g/mol. The molecule has 2 nitrogen and oxygen atoms in total. The molecule has 56 valence electrons. The Balaban J connectivity index is 2.17. The van der Waals surface area contributed by atoms with Crippen LogP contribution in [0.3, 0.4) is 0 Å². The molecule has 2 aliphatic rings. The molecule has 0 spiro atoms. The Morgan fingerprint density at radius 3 is 2.30 bits per heavy atom. The number of carboxylic acid groups (broad SMARTS) is 1. The van der Waals surface area contributed by atoms with Gasteiger partial charge in [0.15, 0.2) is 0 Å². The van der Waals surface area contributed by atoms with Gasteiger partial charge in [-0.25, -0.2) is 0 Å². The molecule has 3 atom stereocenters. The predicted octanol–water partition coefficient (Wildman–Crippen LogP) is 1.48. The van der Waals surface area contributed by atoms with Gasteiger partial charge in [-0.15, -0.1) is 11.6 Å². The average Bonchev–Trinajstić information content (AvgIpc) is 2.28. The van der Waals surface area contributed by atoms with Crippen molar-refractivity contribution in [3.05, 3.63) is 0 Å². The van der Waals surface area contributed by atoms with Crippen LogP contribution < -0.4 is 0 Å². The van der Waals surface area contributed by atoms with Gasteiger partial charge in [0.25, 0.3) is 0 Å². The van der Waals surface area contributed by atoms with Crippen molar-refractivity contribution in [1.29, 1.82) is 0 Å². The molecule has 10 heavy (non-hydrogen) atoms. The van der Waals surface area contributed by atoms with E-state index < -0.39 is 10.8 Å². The monoisotopic (exact) mass is 160 g/mol. The van der Waals surface area contributed by atoms with Crippen LogP contribution in [0.25, 0.3) is 0 Å². The van der Waals surface area contributed by atoms with Crippen LogP contribution in [0.4, 0.5) is 0 Å². The number of alkyl halides is 1. The van der Waals surface area contributed by atoms with Crippen molar-refractivity contribution in [2.75, 3.05) is 0 Å². The summed E-state index contributed by atoms with van der Waals surface area (Å²) < 4.78 is 0.